The molecular weight excluding hydrogens is 556 g/mol. The number of alkyl halides is 6. The predicted molar refractivity (Wildman–Crippen MR) is 135 cm³/mol. The Morgan fingerprint density at radius 3 is 2.32 bits per heavy atom. The van der Waals surface area contributed by atoms with Gasteiger partial charge in [-0.2, -0.15) is 36.5 Å². The van der Waals surface area contributed by atoms with Gasteiger partial charge in [-0.1, -0.05) is 24.3 Å². The number of hydrogen-bond acceptors (Lipinski definition) is 5. The molecule has 14 heteroatoms. The molecule has 1 aliphatic carbocycles. The Bertz CT molecular complexity index is 1620. The summed E-state index contributed by atoms with van der Waals surface area (Å²) >= 11 is 0. The molecule has 0 spiro atoms. The summed E-state index contributed by atoms with van der Waals surface area (Å²) in [7, 11) is 0. The second kappa shape index (κ2) is 10.5. The SMILES string of the molecule is O=C(N[C@H]1CC[C@H](c2n[nH]c(=O)c3ccccc32)CC1)c1cnn2cc(CCC(O)(C(F)(F)F)C(F)(F)F)ccc12. The average molecular weight is 582 g/mol. The normalized spacial score (nSPS) is 18.6. The smallest absolute Gasteiger partial charge is 0.374 e. The molecule has 3 heterocycles. The van der Waals surface area contributed by atoms with Crippen molar-refractivity contribution in [2.75, 3.05) is 0 Å². The number of aromatic amines is 1. The lowest BCUT2D eigenvalue weighted by Crippen LogP contribution is -2.57. The number of pyridine rings is 1. The van der Waals surface area contributed by atoms with E-state index in [1.54, 1.807) is 12.1 Å². The fraction of sp³-hybridized carbons (Fsp3) is 0.407. The molecule has 5 rings (SSSR count). The van der Waals surface area contributed by atoms with Crippen LogP contribution in [-0.4, -0.2) is 54.8 Å². The number of carbonyl (C=O) groups excluding carboxylic acids is 1. The number of carbonyl (C=O) groups is 1. The van der Waals surface area contributed by atoms with Gasteiger partial charge in [-0.05, 0) is 56.2 Å². The maximum atomic E-state index is 13.0. The molecule has 0 saturated heterocycles. The lowest BCUT2D eigenvalue weighted by atomic mass is 9.82. The van der Waals surface area contributed by atoms with E-state index in [1.807, 2.05) is 12.1 Å². The summed E-state index contributed by atoms with van der Waals surface area (Å²) < 4.78 is 79.1. The molecule has 3 aromatic heterocycles. The van der Waals surface area contributed by atoms with Gasteiger partial charge in [0, 0.05) is 23.5 Å². The number of nitrogens with one attached hydrogen (secondary N) is 2. The van der Waals surface area contributed by atoms with E-state index < -0.39 is 36.7 Å². The van der Waals surface area contributed by atoms with E-state index >= 15 is 0 Å². The monoisotopic (exact) mass is 581 g/mol. The van der Waals surface area contributed by atoms with Crippen LogP contribution in [0, 0.1) is 0 Å². The number of fused-ring (bicyclic) bond motifs is 2. The van der Waals surface area contributed by atoms with Crippen molar-refractivity contribution in [3.8, 4) is 0 Å². The topological polar surface area (TPSA) is 112 Å². The number of halogens is 6. The van der Waals surface area contributed by atoms with E-state index in [9.17, 15) is 41.0 Å². The van der Waals surface area contributed by atoms with Crippen LogP contribution < -0.4 is 10.9 Å². The first-order chi connectivity index (χ1) is 19.3. The number of aliphatic hydroxyl groups is 1. The first-order valence-electron chi connectivity index (χ1n) is 12.9. The highest BCUT2D eigenvalue weighted by atomic mass is 19.4. The minimum Gasteiger partial charge on any atom is -0.374 e. The van der Waals surface area contributed by atoms with E-state index in [-0.39, 0.29) is 28.6 Å². The molecule has 0 radical (unpaired) electrons. The molecule has 1 amide bonds. The van der Waals surface area contributed by atoms with Crippen molar-refractivity contribution >= 4 is 22.2 Å². The van der Waals surface area contributed by atoms with E-state index in [2.05, 4.69) is 20.6 Å². The van der Waals surface area contributed by atoms with Crippen molar-refractivity contribution in [2.45, 2.75) is 68.4 Å². The Balaban J connectivity index is 1.23. The number of H-pyrrole nitrogens is 1. The second-order valence-electron chi connectivity index (χ2n) is 10.3. The Hall–Kier alpha value is -3.94. The van der Waals surface area contributed by atoms with Crippen LogP contribution in [0.1, 0.15) is 59.6 Å². The first-order valence-corrected chi connectivity index (χ1v) is 12.9. The summed E-state index contributed by atoms with van der Waals surface area (Å²) in [4.78, 5) is 25.1. The maximum Gasteiger partial charge on any atom is 0.426 e. The molecule has 0 bridgehead atoms. The third-order valence-corrected chi connectivity index (χ3v) is 7.71. The van der Waals surface area contributed by atoms with Crippen LogP contribution in [0.25, 0.3) is 16.3 Å². The average Bonchev–Trinajstić information content (AvgIpc) is 3.35. The van der Waals surface area contributed by atoms with Gasteiger partial charge in [0.1, 0.15) is 0 Å². The Labute approximate surface area is 228 Å². The van der Waals surface area contributed by atoms with Crippen LogP contribution in [-0.2, 0) is 6.42 Å². The summed E-state index contributed by atoms with van der Waals surface area (Å²) in [6, 6.07) is 9.80. The van der Waals surface area contributed by atoms with E-state index in [0.29, 0.717) is 23.7 Å². The number of aromatic nitrogens is 4. The van der Waals surface area contributed by atoms with Gasteiger partial charge in [-0.3, -0.25) is 9.59 Å². The van der Waals surface area contributed by atoms with Gasteiger partial charge in [-0.25, -0.2) is 9.61 Å². The summed E-state index contributed by atoms with van der Waals surface area (Å²) in [5.41, 5.74) is -3.69. The zero-order valence-corrected chi connectivity index (χ0v) is 21.4. The van der Waals surface area contributed by atoms with Crippen molar-refractivity contribution in [1.29, 1.82) is 0 Å². The standard InChI is InChI=1S/C27H25F6N5O3/c28-26(29,30)25(41,27(31,32)33)12-11-15-5-10-21-20(13-34-38(21)14-15)23(39)35-17-8-6-16(7-9-17)22-18-3-1-2-4-19(18)24(40)37-36-22/h1-5,10,13-14,16-17,41H,6-9,11-12H2,(H,35,39)(H,37,40)/t16-,17-. The zero-order chi connectivity index (χ0) is 29.6. The lowest BCUT2D eigenvalue weighted by Gasteiger charge is -2.32. The van der Waals surface area contributed by atoms with Gasteiger partial charge in [0.05, 0.1) is 28.4 Å². The number of benzene rings is 1. The number of hydrogen-bond donors (Lipinski definition) is 3. The van der Waals surface area contributed by atoms with Crippen LogP contribution in [0.2, 0.25) is 0 Å². The highest BCUT2D eigenvalue weighted by Crippen LogP contribution is 2.45. The summed E-state index contributed by atoms with van der Waals surface area (Å²) in [6.07, 6.45) is -8.84. The first kappa shape index (κ1) is 28.6. The number of amides is 1. The molecule has 1 aromatic carbocycles. The minimum atomic E-state index is -5.89. The van der Waals surface area contributed by atoms with Gasteiger partial charge < -0.3 is 10.4 Å². The number of rotatable bonds is 6. The summed E-state index contributed by atoms with van der Waals surface area (Å²) in [5, 5.41) is 24.6. The fourth-order valence-corrected chi connectivity index (χ4v) is 5.34. The highest BCUT2D eigenvalue weighted by molar-refractivity contribution is 6.00. The zero-order valence-electron chi connectivity index (χ0n) is 21.4. The molecule has 0 unspecified atom stereocenters. The van der Waals surface area contributed by atoms with Crippen LogP contribution in [0.3, 0.4) is 0 Å². The van der Waals surface area contributed by atoms with E-state index in [4.69, 9.17) is 0 Å². The predicted octanol–water partition coefficient (Wildman–Crippen LogP) is 4.82. The van der Waals surface area contributed by atoms with Crippen molar-refractivity contribution in [3.63, 3.8) is 0 Å². The van der Waals surface area contributed by atoms with Crippen LogP contribution in [0.15, 0.2) is 53.6 Å². The third kappa shape index (κ3) is 5.39. The maximum absolute atomic E-state index is 13.0. The van der Waals surface area contributed by atoms with Crippen molar-refractivity contribution < 1.29 is 36.2 Å². The second-order valence-corrected chi connectivity index (χ2v) is 10.3. The molecular formula is C27H25F6N5O3. The molecule has 1 aliphatic rings. The Morgan fingerprint density at radius 1 is 1.00 bits per heavy atom. The molecule has 1 fully saturated rings. The van der Waals surface area contributed by atoms with Gasteiger partial charge in [0.2, 0.25) is 0 Å². The highest BCUT2D eigenvalue weighted by Gasteiger charge is 2.69. The van der Waals surface area contributed by atoms with Gasteiger partial charge in [0.25, 0.3) is 17.1 Å². The fourth-order valence-electron chi connectivity index (χ4n) is 5.34. The molecule has 4 aromatic rings. The molecule has 0 atom stereocenters. The van der Waals surface area contributed by atoms with Gasteiger partial charge >= 0.3 is 12.4 Å². The molecule has 218 valence electrons. The van der Waals surface area contributed by atoms with Crippen LogP contribution >= 0.6 is 0 Å². The van der Waals surface area contributed by atoms with Crippen molar-refractivity contribution in [3.05, 3.63) is 76.0 Å². The largest absolute Gasteiger partial charge is 0.426 e. The Kier molecular flexibility index (Phi) is 7.30. The van der Waals surface area contributed by atoms with E-state index in [0.717, 1.165) is 23.9 Å². The quantitative estimate of drug-likeness (QED) is 0.283. The van der Waals surface area contributed by atoms with E-state index in [1.165, 1.54) is 29.0 Å². The summed E-state index contributed by atoms with van der Waals surface area (Å²) in [5.74, 6) is -0.306. The number of nitrogens with zero attached hydrogens (tertiary/aromatic N) is 3. The van der Waals surface area contributed by atoms with Crippen LogP contribution in [0.4, 0.5) is 26.3 Å². The van der Waals surface area contributed by atoms with Crippen molar-refractivity contribution in [2.24, 2.45) is 0 Å². The number of aryl methyl sites for hydroxylation is 1. The minimum absolute atomic E-state index is 0.0706. The third-order valence-electron chi connectivity index (χ3n) is 7.71. The Morgan fingerprint density at radius 2 is 1.66 bits per heavy atom. The lowest BCUT2D eigenvalue weighted by molar-refractivity contribution is -0.369. The molecule has 8 nitrogen and oxygen atoms in total. The molecule has 3 N–H and O–H groups in total. The van der Waals surface area contributed by atoms with Crippen molar-refractivity contribution in [1.82, 2.24) is 25.1 Å². The molecule has 41 heavy (non-hydrogen) atoms. The molecule has 1 saturated carbocycles. The van der Waals surface area contributed by atoms with Gasteiger partial charge in [-0.15, -0.1) is 0 Å². The van der Waals surface area contributed by atoms with Gasteiger partial charge in [0.15, 0.2) is 0 Å². The summed E-state index contributed by atoms with van der Waals surface area (Å²) in [6.45, 7) is 0. The molecule has 0 aliphatic heterocycles. The van der Waals surface area contributed by atoms with Crippen LogP contribution in [0.5, 0.6) is 0 Å².